The van der Waals surface area contributed by atoms with E-state index in [9.17, 15) is 14.4 Å². The van der Waals surface area contributed by atoms with Crippen LogP contribution in [0.15, 0.2) is 52.2 Å². The number of nitrogens with one attached hydrogen (secondary N) is 2. The Balaban J connectivity index is 1.41. The van der Waals surface area contributed by atoms with Gasteiger partial charge in [0.1, 0.15) is 5.82 Å². The van der Waals surface area contributed by atoms with Gasteiger partial charge in [0, 0.05) is 18.7 Å². The van der Waals surface area contributed by atoms with Crippen molar-refractivity contribution < 1.29 is 4.79 Å². The van der Waals surface area contributed by atoms with Gasteiger partial charge in [-0.25, -0.2) is 9.78 Å². The number of anilines is 1. The highest BCUT2D eigenvalue weighted by Crippen LogP contribution is 2.30. The number of pyridine rings is 1. The van der Waals surface area contributed by atoms with E-state index in [0.717, 1.165) is 31.2 Å². The molecule has 7 heteroatoms. The third-order valence-corrected chi connectivity index (χ3v) is 5.80. The maximum absolute atomic E-state index is 12.7. The zero-order valence-electron chi connectivity index (χ0n) is 16.4. The number of carbonyl (C=O) groups is 1. The molecule has 7 nitrogen and oxygen atoms in total. The summed E-state index contributed by atoms with van der Waals surface area (Å²) in [5.74, 6) is 0.731. The molecule has 4 rings (SSSR count). The third-order valence-electron chi connectivity index (χ3n) is 5.80. The summed E-state index contributed by atoms with van der Waals surface area (Å²) >= 11 is 0. The molecule has 29 heavy (non-hydrogen) atoms. The molecule has 0 aliphatic heterocycles. The van der Waals surface area contributed by atoms with Gasteiger partial charge in [0.2, 0.25) is 5.91 Å². The van der Waals surface area contributed by atoms with Gasteiger partial charge in [0.05, 0.1) is 10.9 Å². The monoisotopic (exact) mass is 392 g/mol. The highest BCUT2D eigenvalue weighted by atomic mass is 16.2. The summed E-state index contributed by atoms with van der Waals surface area (Å²) < 4.78 is 1.30. The Bertz CT molecular complexity index is 1160. The SMILES string of the molecule is Cc1cccnc1NC(=O)C1CCC(Cn2c(=O)[nH]c3ccccc3c2=O)CC1. The largest absolute Gasteiger partial charge is 0.328 e. The molecule has 1 amide bonds. The van der Waals surface area contributed by atoms with E-state index in [1.165, 1.54) is 4.57 Å². The molecule has 2 N–H and O–H groups in total. The lowest BCUT2D eigenvalue weighted by atomic mass is 9.81. The van der Waals surface area contributed by atoms with E-state index in [-0.39, 0.29) is 29.0 Å². The van der Waals surface area contributed by atoms with Crippen LogP contribution in [-0.4, -0.2) is 20.4 Å². The smallest absolute Gasteiger partial charge is 0.310 e. The second-order valence-electron chi connectivity index (χ2n) is 7.77. The van der Waals surface area contributed by atoms with Crippen LogP contribution in [0.5, 0.6) is 0 Å². The number of amides is 1. The van der Waals surface area contributed by atoms with Crippen molar-refractivity contribution in [3.63, 3.8) is 0 Å². The molecule has 0 atom stereocenters. The highest BCUT2D eigenvalue weighted by Gasteiger charge is 2.27. The van der Waals surface area contributed by atoms with Gasteiger partial charge in [-0.05, 0) is 62.3 Å². The quantitative estimate of drug-likeness (QED) is 0.713. The number of hydrogen-bond donors (Lipinski definition) is 2. The van der Waals surface area contributed by atoms with E-state index in [0.29, 0.717) is 23.3 Å². The van der Waals surface area contributed by atoms with Crippen molar-refractivity contribution in [1.82, 2.24) is 14.5 Å². The molecule has 1 aromatic carbocycles. The van der Waals surface area contributed by atoms with Crippen molar-refractivity contribution in [2.45, 2.75) is 39.2 Å². The van der Waals surface area contributed by atoms with Gasteiger partial charge in [-0.3, -0.25) is 14.2 Å². The predicted molar refractivity (Wildman–Crippen MR) is 112 cm³/mol. The van der Waals surface area contributed by atoms with Crippen LogP contribution in [0.1, 0.15) is 31.2 Å². The maximum atomic E-state index is 12.7. The summed E-state index contributed by atoms with van der Waals surface area (Å²) in [5, 5.41) is 3.44. The highest BCUT2D eigenvalue weighted by molar-refractivity contribution is 5.92. The van der Waals surface area contributed by atoms with Gasteiger partial charge in [-0.15, -0.1) is 0 Å². The molecule has 1 aliphatic carbocycles. The molecule has 0 spiro atoms. The first-order chi connectivity index (χ1) is 14.0. The van der Waals surface area contributed by atoms with Gasteiger partial charge < -0.3 is 10.3 Å². The van der Waals surface area contributed by atoms with Crippen molar-refractivity contribution in [2.75, 3.05) is 5.32 Å². The van der Waals surface area contributed by atoms with E-state index in [2.05, 4.69) is 15.3 Å². The minimum Gasteiger partial charge on any atom is -0.310 e. The minimum atomic E-state index is -0.376. The molecule has 1 fully saturated rings. The van der Waals surface area contributed by atoms with Crippen LogP contribution in [0.2, 0.25) is 0 Å². The second-order valence-corrected chi connectivity index (χ2v) is 7.77. The Kier molecular flexibility index (Phi) is 5.29. The van der Waals surface area contributed by atoms with Crippen molar-refractivity contribution in [3.05, 3.63) is 69.0 Å². The summed E-state index contributed by atoms with van der Waals surface area (Å²) in [7, 11) is 0. The number of rotatable bonds is 4. The zero-order chi connectivity index (χ0) is 20.4. The van der Waals surface area contributed by atoms with E-state index >= 15 is 0 Å². The van der Waals surface area contributed by atoms with Crippen molar-refractivity contribution in [2.24, 2.45) is 11.8 Å². The molecule has 2 heterocycles. The van der Waals surface area contributed by atoms with Crippen LogP contribution in [0, 0.1) is 18.8 Å². The number of fused-ring (bicyclic) bond motifs is 1. The summed E-state index contributed by atoms with van der Waals surface area (Å²) in [6.07, 6.45) is 4.75. The van der Waals surface area contributed by atoms with Crippen LogP contribution in [0.25, 0.3) is 10.9 Å². The topological polar surface area (TPSA) is 96.8 Å². The average molecular weight is 392 g/mol. The third kappa shape index (κ3) is 3.99. The molecule has 0 saturated heterocycles. The Morgan fingerprint density at radius 2 is 1.90 bits per heavy atom. The minimum absolute atomic E-state index is 0.00836. The molecule has 150 valence electrons. The fraction of sp³-hybridized carbons (Fsp3) is 0.364. The van der Waals surface area contributed by atoms with E-state index in [1.807, 2.05) is 19.1 Å². The number of nitrogens with zero attached hydrogens (tertiary/aromatic N) is 2. The van der Waals surface area contributed by atoms with E-state index in [1.54, 1.807) is 30.5 Å². The lowest BCUT2D eigenvalue weighted by Crippen LogP contribution is -2.38. The first-order valence-corrected chi connectivity index (χ1v) is 9.97. The Labute approximate surface area is 167 Å². The molecule has 1 aliphatic rings. The summed E-state index contributed by atoms with van der Waals surface area (Å²) in [5.41, 5.74) is 0.863. The first-order valence-electron chi connectivity index (χ1n) is 9.97. The number of para-hydroxylation sites is 1. The number of aryl methyl sites for hydroxylation is 1. The Morgan fingerprint density at radius 3 is 2.66 bits per heavy atom. The number of aromatic amines is 1. The van der Waals surface area contributed by atoms with Crippen LogP contribution < -0.4 is 16.6 Å². The number of carbonyl (C=O) groups excluding carboxylic acids is 1. The average Bonchev–Trinajstić information content (AvgIpc) is 2.73. The standard InChI is InChI=1S/C22H24N4O3/c1-14-5-4-12-23-19(14)25-20(27)16-10-8-15(9-11-16)13-26-21(28)17-6-2-3-7-18(17)24-22(26)29/h2-7,12,15-16H,8-11,13H2,1H3,(H,24,29)(H,23,25,27). The lowest BCUT2D eigenvalue weighted by Gasteiger charge is -2.28. The van der Waals surface area contributed by atoms with Crippen LogP contribution in [-0.2, 0) is 11.3 Å². The molecule has 3 aromatic rings. The molecule has 0 radical (unpaired) electrons. The lowest BCUT2D eigenvalue weighted by molar-refractivity contribution is -0.121. The fourth-order valence-electron chi connectivity index (χ4n) is 4.07. The van der Waals surface area contributed by atoms with Crippen LogP contribution >= 0.6 is 0 Å². The normalized spacial score (nSPS) is 19.2. The summed E-state index contributed by atoms with van der Waals surface area (Å²) in [6, 6.07) is 10.8. The number of benzene rings is 1. The Hall–Kier alpha value is -3.22. The molecular weight excluding hydrogens is 368 g/mol. The number of hydrogen-bond acceptors (Lipinski definition) is 4. The second kappa shape index (κ2) is 8.03. The van der Waals surface area contributed by atoms with Crippen molar-refractivity contribution >= 4 is 22.6 Å². The van der Waals surface area contributed by atoms with Gasteiger partial charge in [-0.2, -0.15) is 0 Å². The van der Waals surface area contributed by atoms with Gasteiger partial charge in [0.15, 0.2) is 0 Å². The number of H-pyrrole nitrogens is 1. The fourth-order valence-corrected chi connectivity index (χ4v) is 4.07. The Morgan fingerprint density at radius 1 is 1.14 bits per heavy atom. The zero-order valence-corrected chi connectivity index (χ0v) is 16.4. The van der Waals surface area contributed by atoms with Gasteiger partial charge >= 0.3 is 5.69 Å². The summed E-state index contributed by atoms with van der Waals surface area (Å²) in [6.45, 7) is 2.30. The van der Waals surface area contributed by atoms with Gasteiger partial charge in [0.25, 0.3) is 5.56 Å². The predicted octanol–water partition coefficient (Wildman–Crippen LogP) is 2.84. The molecule has 1 saturated carbocycles. The van der Waals surface area contributed by atoms with Crippen LogP contribution in [0.3, 0.4) is 0 Å². The number of aromatic nitrogens is 3. The molecule has 0 bridgehead atoms. The van der Waals surface area contributed by atoms with E-state index < -0.39 is 0 Å². The first kappa shape index (κ1) is 19.1. The van der Waals surface area contributed by atoms with E-state index in [4.69, 9.17) is 0 Å². The van der Waals surface area contributed by atoms with Gasteiger partial charge in [-0.1, -0.05) is 18.2 Å². The molecule has 2 aromatic heterocycles. The van der Waals surface area contributed by atoms with Crippen molar-refractivity contribution in [3.8, 4) is 0 Å². The molecular formula is C22H24N4O3. The maximum Gasteiger partial charge on any atom is 0.328 e. The summed E-state index contributed by atoms with van der Waals surface area (Å²) in [4.78, 5) is 44.7. The van der Waals surface area contributed by atoms with Crippen molar-refractivity contribution in [1.29, 1.82) is 0 Å². The van der Waals surface area contributed by atoms with Crippen LogP contribution in [0.4, 0.5) is 5.82 Å². The molecule has 0 unspecified atom stereocenters.